The van der Waals surface area contributed by atoms with Crippen molar-refractivity contribution in [2.75, 3.05) is 25.5 Å². The van der Waals surface area contributed by atoms with E-state index < -0.39 is 0 Å². The van der Waals surface area contributed by atoms with E-state index >= 15 is 0 Å². The lowest BCUT2D eigenvalue weighted by Crippen LogP contribution is -2.36. The predicted molar refractivity (Wildman–Crippen MR) is 70.5 cm³/mol. The maximum absolute atomic E-state index is 11.3. The number of nitrogens with one attached hydrogen (secondary N) is 1. The molecule has 1 aromatic rings. The van der Waals surface area contributed by atoms with Crippen LogP contribution in [0, 0.1) is 6.92 Å². The third kappa shape index (κ3) is 2.78. The topological polar surface area (TPSA) is 58.1 Å². The molecule has 1 amide bonds. The van der Waals surface area contributed by atoms with Crippen LogP contribution in [0.4, 0.5) is 5.82 Å². The summed E-state index contributed by atoms with van der Waals surface area (Å²) in [5.41, 5.74) is 1.09. The van der Waals surface area contributed by atoms with E-state index in [1.165, 1.54) is 0 Å². The van der Waals surface area contributed by atoms with Gasteiger partial charge in [-0.3, -0.25) is 4.79 Å². The minimum atomic E-state index is 0.170. The molecular weight excluding hydrogens is 228 g/mol. The average molecular weight is 248 g/mol. The van der Waals surface area contributed by atoms with Crippen molar-refractivity contribution in [3.63, 3.8) is 0 Å². The summed E-state index contributed by atoms with van der Waals surface area (Å²) in [6.45, 7) is 5.21. The second kappa shape index (κ2) is 5.33. The third-order valence-electron chi connectivity index (χ3n) is 3.47. The van der Waals surface area contributed by atoms with Crippen molar-refractivity contribution in [3.8, 4) is 0 Å². The van der Waals surface area contributed by atoms with E-state index in [9.17, 15) is 4.79 Å². The summed E-state index contributed by atoms with van der Waals surface area (Å²) in [6, 6.07) is 2.01. The minimum Gasteiger partial charge on any atom is -0.373 e. The number of amides is 1. The number of likely N-dealkylation sites (tertiary alicyclic amines) is 1. The largest absolute Gasteiger partial charge is 0.373 e. The third-order valence-corrected chi connectivity index (χ3v) is 3.47. The molecule has 18 heavy (non-hydrogen) atoms. The smallest absolute Gasteiger partial charge is 0.219 e. The molecule has 0 spiro atoms. The first-order valence-electron chi connectivity index (χ1n) is 6.39. The first-order chi connectivity index (χ1) is 8.60. The van der Waals surface area contributed by atoms with Crippen molar-refractivity contribution in [3.05, 3.63) is 17.6 Å². The van der Waals surface area contributed by atoms with Gasteiger partial charge in [-0.1, -0.05) is 0 Å². The van der Waals surface area contributed by atoms with Gasteiger partial charge in [-0.05, 0) is 19.8 Å². The first kappa shape index (κ1) is 12.8. The maximum atomic E-state index is 11.3. The highest BCUT2D eigenvalue weighted by Crippen LogP contribution is 2.27. The fraction of sp³-hybridized carbons (Fsp3) is 0.615. The Bertz CT molecular complexity index is 439. The molecule has 0 bridgehead atoms. The number of aryl methyl sites for hydroxylation is 1. The summed E-state index contributed by atoms with van der Waals surface area (Å²) in [7, 11) is 1.86. The van der Waals surface area contributed by atoms with Gasteiger partial charge in [0, 0.05) is 44.7 Å². The Morgan fingerprint density at radius 1 is 1.39 bits per heavy atom. The number of nitrogens with zero attached hydrogens (tertiary/aromatic N) is 3. The molecule has 1 aliphatic heterocycles. The molecule has 1 fully saturated rings. The monoisotopic (exact) mass is 248 g/mol. The normalized spacial score (nSPS) is 16.7. The molecule has 2 rings (SSSR count). The number of piperidine rings is 1. The molecule has 5 nitrogen and oxygen atoms in total. The van der Waals surface area contributed by atoms with Crippen LogP contribution in [0.25, 0.3) is 0 Å². The lowest BCUT2D eigenvalue weighted by molar-refractivity contribution is -0.129. The van der Waals surface area contributed by atoms with Gasteiger partial charge in [0.05, 0.1) is 0 Å². The van der Waals surface area contributed by atoms with E-state index in [0.29, 0.717) is 5.92 Å². The Labute approximate surface area is 108 Å². The highest BCUT2D eigenvalue weighted by molar-refractivity contribution is 5.73. The van der Waals surface area contributed by atoms with Crippen molar-refractivity contribution < 1.29 is 4.79 Å². The molecule has 0 atom stereocenters. The lowest BCUT2D eigenvalue weighted by Gasteiger charge is -2.31. The molecule has 1 aliphatic rings. The zero-order valence-corrected chi connectivity index (χ0v) is 11.2. The van der Waals surface area contributed by atoms with Gasteiger partial charge in [0.25, 0.3) is 0 Å². The van der Waals surface area contributed by atoms with Crippen molar-refractivity contribution in [2.24, 2.45) is 0 Å². The van der Waals surface area contributed by atoms with Crippen LogP contribution in [0.15, 0.2) is 6.07 Å². The fourth-order valence-electron chi connectivity index (χ4n) is 2.42. The molecule has 0 aliphatic carbocycles. The van der Waals surface area contributed by atoms with Crippen LogP contribution in [-0.4, -0.2) is 40.9 Å². The Balaban J connectivity index is 2.09. The van der Waals surface area contributed by atoms with Gasteiger partial charge in [-0.25, -0.2) is 9.97 Å². The van der Waals surface area contributed by atoms with Crippen molar-refractivity contribution >= 4 is 11.7 Å². The minimum absolute atomic E-state index is 0.170. The molecule has 98 valence electrons. The SMILES string of the molecule is CNc1cc(C2CCN(C(C)=O)CC2)nc(C)n1. The van der Waals surface area contributed by atoms with Crippen molar-refractivity contribution in [1.82, 2.24) is 14.9 Å². The van der Waals surface area contributed by atoms with Crippen LogP contribution < -0.4 is 5.32 Å². The number of aromatic nitrogens is 2. The molecule has 1 saturated heterocycles. The van der Waals surface area contributed by atoms with Gasteiger partial charge in [0.15, 0.2) is 0 Å². The standard InChI is InChI=1S/C13H20N4O/c1-9-15-12(8-13(14-3)16-9)11-4-6-17(7-5-11)10(2)18/h8,11H,4-7H2,1-3H3,(H,14,15,16). The Morgan fingerprint density at radius 3 is 2.61 bits per heavy atom. The van der Waals surface area contributed by atoms with E-state index in [4.69, 9.17) is 0 Å². The molecule has 2 heterocycles. The first-order valence-corrected chi connectivity index (χ1v) is 6.39. The van der Waals surface area contributed by atoms with Gasteiger partial charge in [-0.15, -0.1) is 0 Å². The van der Waals surface area contributed by atoms with Gasteiger partial charge < -0.3 is 10.2 Å². The molecule has 0 aromatic carbocycles. The van der Waals surface area contributed by atoms with Gasteiger partial charge in [-0.2, -0.15) is 0 Å². The van der Waals surface area contributed by atoms with Crippen LogP contribution in [0.1, 0.15) is 37.2 Å². The lowest BCUT2D eigenvalue weighted by atomic mass is 9.93. The van der Waals surface area contributed by atoms with Crippen LogP contribution in [0.2, 0.25) is 0 Å². The Morgan fingerprint density at radius 2 is 2.06 bits per heavy atom. The quantitative estimate of drug-likeness (QED) is 0.862. The summed E-state index contributed by atoms with van der Waals surface area (Å²) in [5.74, 6) is 2.27. The average Bonchev–Trinajstić information content (AvgIpc) is 2.38. The van der Waals surface area contributed by atoms with Gasteiger partial charge >= 0.3 is 0 Å². The van der Waals surface area contributed by atoms with Crippen LogP contribution in [0.3, 0.4) is 0 Å². The maximum Gasteiger partial charge on any atom is 0.219 e. The molecule has 0 unspecified atom stereocenters. The second-order valence-corrected chi connectivity index (χ2v) is 4.76. The molecule has 1 N–H and O–H groups in total. The van der Waals surface area contributed by atoms with Crippen LogP contribution in [-0.2, 0) is 4.79 Å². The summed E-state index contributed by atoms with van der Waals surface area (Å²) in [4.78, 5) is 22.0. The Hall–Kier alpha value is -1.65. The molecule has 0 saturated carbocycles. The number of hydrogen-bond acceptors (Lipinski definition) is 4. The van der Waals surface area contributed by atoms with Gasteiger partial charge in [0.2, 0.25) is 5.91 Å². The fourth-order valence-corrected chi connectivity index (χ4v) is 2.42. The number of carbonyl (C=O) groups excluding carboxylic acids is 1. The molecular formula is C13H20N4O. The predicted octanol–water partition coefficient (Wildman–Crippen LogP) is 1.55. The number of rotatable bonds is 2. The van der Waals surface area contributed by atoms with E-state index in [2.05, 4.69) is 15.3 Å². The second-order valence-electron chi connectivity index (χ2n) is 4.76. The molecule has 1 aromatic heterocycles. The summed E-state index contributed by atoms with van der Waals surface area (Å²) < 4.78 is 0. The summed E-state index contributed by atoms with van der Waals surface area (Å²) in [6.07, 6.45) is 1.97. The summed E-state index contributed by atoms with van der Waals surface area (Å²) in [5, 5.41) is 3.06. The van der Waals surface area contributed by atoms with E-state index in [1.807, 2.05) is 24.9 Å². The number of hydrogen-bond donors (Lipinski definition) is 1. The van der Waals surface area contributed by atoms with E-state index in [1.54, 1.807) is 6.92 Å². The van der Waals surface area contributed by atoms with Gasteiger partial charge in [0.1, 0.15) is 11.6 Å². The zero-order chi connectivity index (χ0) is 13.1. The zero-order valence-electron chi connectivity index (χ0n) is 11.2. The summed E-state index contributed by atoms with van der Waals surface area (Å²) >= 11 is 0. The Kier molecular flexibility index (Phi) is 3.79. The highest BCUT2D eigenvalue weighted by Gasteiger charge is 2.23. The molecule has 5 heteroatoms. The molecule has 0 radical (unpaired) electrons. The van der Waals surface area contributed by atoms with Crippen LogP contribution in [0.5, 0.6) is 0 Å². The van der Waals surface area contributed by atoms with E-state index in [0.717, 1.165) is 43.3 Å². The van der Waals surface area contributed by atoms with Crippen molar-refractivity contribution in [2.45, 2.75) is 32.6 Å². The van der Waals surface area contributed by atoms with Crippen LogP contribution >= 0.6 is 0 Å². The number of anilines is 1. The van der Waals surface area contributed by atoms with Crippen molar-refractivity contribution in [1.29, 1.82) is 0 Å². The number of carbonyl (C=O) groups is 1. The van der Waals surface area contributed by atoms with E-state index in [-0.39, 0.29) is 5.91 Å². The highest BCUT2D eigenvalue weighted by atomic mass is 16.2.